The highest BCUT2D eigenvalue weighted by Crippen LogP contribution is 2.22. The van der Waals surface area contributed by atoms with Gasteiger partial charge in [0.2, 0.25) is 11.8 Å². The number of carbonyl (C=O) groups excluding carboxylic acids is 2. The molecule has 0 saturated carbocycles. The Morgan fingerprint density at radius 2 is 1.82 bits per heavy atom. The number of hydrogen-bond donors (Lipinski definition) is 2. The maximum Gasteiger partial charge on any atom is 0.239 e. The number of benzene rings is 1. The number of rotatable bonds is 5. The van der Waals surface area contributed by atoms with Crippen molar-refractivity contribution in [2.45, 2.75) is 27.2 Å². The molecule has 0 aliphatic carbocycles. The summed E-state index contributed by atoms with van der Waals surface area (Å²) in [5.74, 6) is -0.351. The van der Waals surface area contributed by atoms with Gasteiger partial charge in [0.1, 0.15) is 0 Å². The predicted molar refractivity (Wildman–Crippen MR) is 86.6 cm³/mol. The van der Waals surface area contributed by atoms with Gasteiger partial charge in [-0.2, -0.15) is 0 Å². The van der Waals surface area contributed by atoms with Crippen LogP contribution in [0.2, 0.25) is 0 Å². The van der Waals surface area contributed by atoms with E-state index >= 15 is 0 Å². The van der Waals surface area contributed by atoms with E-state index in [1.807, 2.05) is 45.0 Å². The first-order valence-electron chi connectivity index (χ1n) is 7.41. The van der Waals surface area contributed by atoms with Gasteiger partial charge in [0.05, 0.1) is 18.5 Å². The molecule has 2 amide bonds. The number of fused-ring (bicyclic) bond motifs is 1. The van der Waals surface area contributed by atoms with Gasteiger partial charge in [-0.25, -0.2) is 0 Å². The van der Waals surface area contributed by atoms with Gasteiger partial charge in [-0.15, -0.1) is 0 Å². The van der Waals surface area contributed by atoms with Gasteiger partial charge in [0.25, 0.3) is 0 Å². The molecule has 0 saturated heterocycles. The van der Waals surface area contributed by atoms with Crippen LogP contribution < -0.4 is 10.6 Å². The van der Waals surface area contributed by atoms with Gasteiger partial charge in [-0.1, -0.05) is 18.2 Å². The normalized spacial score (nSPS) is 10.5. The lowest BCUT2D eigenvalue weighted by Crippen LogP contribution is -2.37. The Bertz CT molecular complexity index is 710. The maximum absolute atomic E-state index is 12.0. The van der Waals surface area contributed by atoms with Crippen LogP contribution in [0.3, 0.4) is 0 Å². The molecule has 0 aliphatic rings. The Morgan fingerprint density at radius 3 is 2.55 bits per heavy atom. The molecule has 0 aliphatic heterocycles. The Labute approximate surface area is 130 Å². The van der Waals surface area contributed by atoms with Crippen LogP contribution in [-0.4, -0.2) is 29.9 Å². The maximum atomic E-state index is 12.0. The lowest BCUT2D eigenvalue weighted by Gasteiger charge is -2.12. The van der Waals surface area contributed by atoms with E-state index in [1.54, 1.807) is 0 Å². The van der Waals surface area contributed by atoms with Gasteiger partial charge in [-0.3, -0.25) is 14.6 Å². The Morgan fingerprint density at radius 1 is 1.09 bits per heavy atom. The summed E-state index contributed by atoms with van der Waals surface area (Å²) in [5, 5.41) is 6.34. The van der Waals surface area contributed by atoms with E-state index in [4.69, 9.17) is 0 Å². The molecule has 0 spiro atoms. The fourth-order valence-electron chi connectivity index (χ4n) is 2.49. The van der Waals surface area contributed by atoms with Crippen molar-refractivity contribution < 1.29 is 9.59 Å². The third kappa shape index (κ3) is 3.61. The number of pyridine rings is 1. The van der Waals surface area contributed by atoms with Gasteiger partial charge in [0.15, 0.2) is 0 Å². The van der Waals surface area contributed by atoms with Crippen molar-refractivity contribution in [1.29, 1.82) is 0 Å². The number of carbonyl (C=O) groups is 2. The first-order valence-corrected chi connectivity index (χ1v) is 7.41. The van der Waals surface area contributed by atoms with Crippen molar-refractivity contribution in [3.8, 4) is 0 Å². The highest BCUT2D eigenvalue weighted by Gasteiger charge is 2.13. The Hall–Kier alpha value is -2.43. The van der Waals surface area contributed by atoms with Crippen LogP contribution in [0.25, 0.3) is 10.9 Å². The molecule has 0 fully saturated rings. The minimum Gasteiger partial charge on any atom is -0.355 e. The third-order valence-corrected chi connectivity index (χ3v) is 3.64. The summed E-state index contributed by atoms with van der Waals surface area (Å²) >= 11 is 0. The van der Waals surface area contributed by atoms with Gasteiger partial charge in [0, 0.05) is 17.6 Å². The van der Waals surface area contributed by atoms with E-state index < -0.39 is 0 Å². The fraction of sp³-hybridized carbons (Fsp3) is 0.353. The molecule has 1 aromatic carbocycles. The van der Waals surface area contributed by atoms with Crippen LogP contribution in [0.4, 0.5) is 0 Å². The van der Waals surface area contributed by atoms with Gasteiger partial charge >= 0.3 is 0 Å². The second kappa shape index (κ2) is 7.02. The minimum atomic E-state index is -0.180. The zero-order valence-corrected chi connectivity index (χ0v) is 13.2. The topological polar surface area (TPSA) is 71.1 Å². The predicted octanol–water partition coefficient (Wildman–Crippen LogP) is 1.65. The molecule has 0 radical (unpaired) electrons. The molecule has 2 rings (SSSR count). The van der Waals surface area contributed by atoms with E-state index in [1.165, 1.54) is 0 Å². The molecule has 5 nitrogen and oxygen atoms in total. The van der Waals surface area contributed by atoms with Crippen molar-refractivity contribution in [3.63, 3.8) is 0 Å². The van der Waals surface area contributed by atoms with Gasteiger partial charge < -0.3 is 10.6 Å². The molecule has 22 heavy (non-hydrogen) atoms. The van der Waals surface area contributed by atoms with E-state index in [0.29, 0.717) is 6.54 Å². The van der Waals surface area contributed by atoms with E-state index in [2.05, 4.69) is 15.6 Å². The lowest BCUT2D eigenvalue weighted by atomic mass is 9.99. The largest absolute Gasteiger partial charge is 0.355 e. The summed E-state index contributed by atoms with van der Waals surface area (Å²) in [4.78, 5) is 28.0. The molecular weight excluding hydrogens is 278 g/mol. The molecule has 0 atom stereocenters. The van der Waals surface area contributed by atoms with Gasteiger partial charge in [-0.05, 0) is 38.0 Å². The van der Waals surface area contributed by atoms with Crippen LogP contribution in [-0.2, 0) is 16.0 Å². The van der Waals surface area contributed by atoms with E-state index in [-0.39, 0.29) is 24.8 Å². The summed E-state index contributed by atoms with van der Waals surface area (Å²) in [6.45, 7) is 6.32. The van der Waals surface area contributed by atoms with Crippen molar-refractivity contribution >= 4 is 22.7 Å². The fourth-order valence-corrected chi connectivity index (χ4v) is 2.49. The van der Waals surface area contributed by atoms with Crippen molar-refractivity contribution in [2.24, 2.45) is 0 Å². The average Bonchev–Trinajstić information content (AvgIpc) is 2.50. The Kier molecular flexibility index (Phi) is 5.09. The molecular formula is C17H21N3O2. The number of para-hydroxylation sites is 1. The zero-order valence-electron chi connectivity index (χ0n) is 13.2. The SMILES string of the molecule is CCNC(=O)CNC(=O)Cc1c(C)nc2ccccc2c1C. The highest BCUT2D eigenvalue weighted by atomic mass is 16.2. The number of aromatic nitrogens is 1. The quantitative estimate of drug-likeness (QED) is 0.882. The summed E-state index contributed by atoms with van der Waals surface area (Å²) in [6.07, 6.45) is 0.231. The molecule has 0 unspecified atom stereocenters. The monoisotopic (exact) mass is 299 g/mol. The molecule has 2 N–H and O–H groups in total. The second-order valence-corrected chi connectivity index (χ2v) is 5.22. The smallest absolute Gasteiger partial charge is 0.239 e. The summed E-state index contributed by atoms with van der Waals surface area (Å²) in [6, 6.07) is 7.89. The van der Waals surface area contributed by atoms with E-state index in [0.717, 1.165) is 27.7 Å². The lowest BCUT2D eigenvalue weighted by molar-refractivity contribution is -0.125. The molecule has 2 aromatic rings. The summed E-state index contributed by atoms with van der Waals surface area (Å²) < 4.78 is 0. The van der Waals surface area contributed by atoms with Crippen molar-refractivity contribution in [1.82, 2.24) is 15.6 Å². The Balaban J connectivity index is 2.14. The van der Waals surface area contributed by atoms with E-state index in [9.17, 15) is 9.59 Å². The van der Waals surface area contributed by atoms with Crippen molar-refractivity contribution in [3.05, 3.63) is 41.1 Å². The van der Waals surface area contributed by atoms with Crippen LogP contribution in [0.5, 0.6) is 0 Å². The number of aryl methyl sites for hydroxylation is 2. The number of nitrogens with one attached hydrogen (secondary N) is 2. The molecule has 0 bridgehead atoms. The third-order valence-electron chi connectivity index (χ3n) is 3.64. The van der Waals surface area contributed by atoms with Crippen LogP contribution >= 0.6 is 0 Å². The number of nitrogens with zero attached hydrogens (tertiary/aromatic N) is 1. The standard InChI is InChI=1S/C17H21N3O2/c1-4-18-17(22)10-19-16(21)9-14-11(2)13-7-5-6-8-15(13)20-12(14)3/h5-8H,4,9-10H2,1-3H3,(H,18,22)(H,19,21). The number of likely N-dealkylation sites (N-methyl/N-ethyl adjacent to an activating group) is 1. The van der Waals surface area contributed by atoms with Crippen molar-refractivity contribution in [2.75, 3.05) is 13.1 Å². The summed E-state index contributed by atoms with van der Waals surface area (Å²) in [5.41, 5.74) is 3.77. The van der Waals surface area contributed by atoms with Crippen LogP contribution in [0.1, 0.15) is 23.7 Å². The molecule has 116 valence electrons. The first-order chi connectivity index (χ1) is 10.5. The number of hydrogen-bond acceptors (Lipinski definition) is 3. The first kappa shape index (κ1) is 15.9. The molecule has 5 heteroatoms. The second-order valence-electron chi connectivity index (χ2n) is 5.22. The molecule has 1 aromatic heterocycles. The number of amides is 2. The zero-order chi connectivity index (χ0) is 16.1. The van der Waals surface area contributed by atoms with Crippen LogP contribution in [0.15, 0.2) is 24.3 Å². The average molecular weight is 299 g/mol. The summed E-state index contributed by atoms with van der Waals surface area (Å²) in [7, 11) is 0. The highest BCUT2D eigenvalue weighted by molar-refractivity contribution is 5.88. The minimum absolute atomic E-state index is 0.00573. The molecule has 1 heterocycles. The van der Waals surface area contributed by atoms with Crippen LogP contribution in [0, 0.1) is 13.8 Å².